The van der Waals surface area contributed by atoms with Gasteiger partial charge in [-0.05, 0) is 37.6 Å². The first-order chi connectivity index (χ1) is 11.2. The van der Waals surface area contributed by atoms with Crippen LogP contribution in [0.25, 0.3) is 0 Å². The maximum atomic E-state index is 14.2. The topological polar surface area (TPSA) is 12.0 Å². The van der Waals surface area contributed by atoms with Gasteiger partial charge >= 0.3 is 0 Å². The average molecular weight is 317 g/mol. The fourth-order valence-electron chi connectivity index (χ4n) is 2.50. The van der Waals surface area contributed by atoms with E-state index in [-0.39, 0.29) is 0 Å². The predicted molar refractivity (Wildman–Crippen MR) is 99.4 cm³/mol. The highest BCUT2D eigenvalue weighted by atomic mass is 19.1. The molecule has 1 aromatic rings. The molecule has 0 amide bonds. The van der Waals surface area contributed by atoms with Crippen LogP contribution in [-0.2, 0) is 5.67 Å². The van der Waals surface area contributed by atoms with Gasteiger partial charge in [0.05, 0.1) is 0 Å². The monoisotopic (exact) mass is 317 g/mol. The Kier molecular flexibility index (Phi) is 10.3. The molecular formula is C21H32FN. The second-order valence-corrected chi connectivity index (χ2v) is 6.03. The third-order valence-electron chi connectivity index (χ3n) is 3.91. The lowest BCUT2D eigenvalue weighted by Gasteiger charge is -2.22. The molecule has 1 aromatic carbocycles. The van der Waals surface area contributed by atoms with Crippen LogP contribution in [0.4, 0.5) is 4.39 Å². The van der Waals surface area contributed by atoms with Crippen molar-refractivity contribution in [3.63, 3.8) is 0 Å². The second kappa shape index (κ2) is 12.1. The molecule has 1 aliphatic carbocycles. The lowest BCUT2D eigenvalue weighted by molar-refractivity contribution is 0.236. The molecule has 0 radical (unpaired) electrons. The highest BCUT2D eigenvalue weighted by Crippen LogP contribution is 2.33. The van der Waals surface area contributed by atoms with Crippen molar-refractivity contribution in [3.8, 4) is 0 Å². The molecule has 1 nitrogen and oxygen atoms in total. The van der Waals surface area contributed by atoms with E-state index in [4.69, 9.17) is 0 Å². The van der Waals surface area contributed by atoms with Crippen LogP contribution in [0.2, 0.25) is 0 Å². The summed E-state index contributed by atoms with van der Waals surface area (Å²) in [4.78, 5) is 0. The third-order valence-corrected chi connectivity index (χ3v) is 3.91. The zero-order valence-corrected chi connectivity index (χ0v) is 14.7. The number of benzene rings is 1. The largest absolute Gasteiger partial charge is 0.317 e. The standard InChI is InChI=1S/C12H11F.C9H21N/c13-12(9-5-2-6-10-12)11-7-3-1-4-8-11;1-3-5-6-7-9-10-8-4-2/h1-9H,10H2;10H,3-9H2,1-2H3. The molecule has 0 fully saturated rings. The van der Waals surface area contributed by atoms with Crippen molar-refractivity contribution in [2.24, 2.45) is 0 Å². The molecule has 0 bridgehead atoms. The third kappa shape index (κ3) is 8.13. The van der Waals surface area contributed by atoms with Gasteiger partial charge in [-0.2, -0.15) is 0 Å². The highest BCUT2D eigenvalue weighted by molar-refractivity contribution is 5.32. The SMILES string of the molecule is CCCCCCNCCC.FC1(c2ccccc2)C=CC=CC1. The molecule has 2 heteroatoms. The van der Waals surface area contributed by atoms with E-state index < -0.39 is 5.67 Å². The summed E-state index contributed by atoms with van der Waals surface area (Å²) in [6.45, 7) is 6.86. The summed E-state index contributed by atoms with van der Waals surface area (Å²) in [5, 5.41) is 3.39. The summed E-state index contributed by atoms with van der Waals surface area (Å²) < 4.78 is 14.2. The van der Waals surface area contributed by atoms with Crippen molar-refractivity contribution in [1.82, 2.24) is 5.32 Å². The number of allylic oxidation sites excluding steroid dienone is 4. The van der Waals surface area contributed by atoms with E-state index in [2.05, 4.69) is 19.2 Å². The zero-order chi connectivity index (χ0) is 16.8. The Morgan fingerprint density at radius 1 is 0.957 bits per heavy atom. The molecule has 128 valence electrons. The number of halogens is 1. The van der Waals surface area contributed by atoms with Gasteiger partial charge in [0.15, 0.2) is 5.67 Å². The molecule has 1 atom stereocenters. The smallest absolute Gasteiger partial charge is 0.157 e. The summed E-state index contributed by atoms with van der Waals surface area (Å²) in [6, 6.07) is 9.27. The van der Waals surface area contributed by atoms with Crippen molar-refractivity contribution in [1.29, 1.82) is 0 Å². The fourth-order valence-corrected chi connectivity index (χ4v) is 2.50. The Labute approximate surface area is 141 Å². The van der Waals surface area contributed by atoms with E-state index in [1.54, 1.807) is 12.2 Å². The first-order valence-corrected chi connectivity index (χ1v) is 9.02. The van der Waals surface area contributed by atoms with E-state index >= 15 is 0 Å². The Morgan fingerprint density at radius 2 is 1.74 bits per heavy atom. The van der Waals surface area contributed by atoms with E-state index in [1.807, 2.05) is 42.5 Å². The van der Waals surface area contributed by atoms with Gasteiger partial charge in [-0.1, -0.05) is 81.7 Å². The van der Waals surface area contributed by atoms with Gasteiger partial charge in [0.1, 0.15) is 0 Å². The number of hydrogen-bond donors (Lipinski definition) is 1. The zero-order valence-electron chi connectivity index (χ0n) is 14.7. The second-order valence-electron chi connectivity index (χ2n) is 6.03. The number of unbranched alkanes of at least 4 members (excludes halogenated alkanes) is 3. The van der Waals surface area contributed by atoms with Gasteiger partial charge < -0.3 is 5.32 Å². The van der Waals surface area contributed by atoms with Crippen LogP contribution >= 0.6 is 0 Å². The lowest BCUT2D eigenvalue weighted by atomic mass is 9.89. The Morgan fingerprint density at radius 3 is 2.35 bits per heavy atom. The average Bonchev–Trinajstić information content (AvgIpc) is 2.60. The first-order valence-electron chi connectivity index (χ1n) is 9.02. The minimum atomic E-state index is -1.30. The van der Waals surface area contributed by atoms with Crippen LogP contribution in [0.1, 0.15) is 57.9 Å². The molecule has 1 aliphatic rings. The normalized spacial score (nSPS) is 19.3. The minimum Gasteiger partial charge on any atom is -0.317 e. The molecule has 0 saturated carbocycles. The number of nitrogens with one attached hydrogen (secondary N) is 1. The van der Waals surface area contributed by atoms with Gasteiger partial charge in [0.2, 0.25) is 0 Å². The Bertz CT molecular complexity index is 444. The number of alkyl halides is 1. The summed E-state index contributed by atoms with van der Waals surface area (Å²) >= 11 is 0. The van der Waals surface area contributed by atoms with Gasteiger partial charge in [0.25, 0.3) is 0 Å². The van der Waals surface area contributed by atoms with E-state index in [9.17, 15) is 4.39 Å². The van der Waals surface area contributed by atoms with Crippen LogP contribution in [0, 0.1) is 0 Å². The molecule has 23 heavy (non-hydrogen) atoms. The molecule has 1 N–H and O–H groups in total. The molecule has 0 spiro atoms. The first kappa shape index (κ1) is 19.6. The van der Waals surface area contributed by atoms with Crippen molar-refractivity contribution >= 4 is 0 Å². The van der Waals surface area contributed by atoms with Crippen molar-refractivity contribution in [2.75, 3.05) is 13.1 Å². The van der Waals surface area contributed by atoms with Crippen LogP contribution in [0.15, 0.2) is 54.6 Å². The van der Waals surface area contributed by atoms with E-state index in [0.717, 1.165) is 5.56 Å². The maximum Gasteiger partial charge on any atom is 0.157 e. The predicted octanol–water partition coefficient (Wildman–Crippen LogP) is 5.93. The van der Waals surface area contributed by atoms with E-state index in [0.29, 0.717) is 6.42 Å². The van der Waals surface area contributed by atoms with Gasteiger partial charge in [-0.15, -0.1) is 0 Å². The Balaban J connectivity index is 0.000000241. The summed E-state index contributed by atoms with van der Waals surface area (Å²) in [6.07, 6.45) is 14.3. The van der Waals surface area contributed by atoms with Crippen LogP contribution in [0.5, 0.6) is 0 Å². The van der Waals surface area contributed by atoms with Gasteiger partial charge in [-0.25, -0.2) is 4.39 Å². The fraction of sp³-hybridized carbons (Fsp3) is 0.524. The molecule has 0 heterocycles. The molecular weight excluding hydrogens is 285 g/mol. The van der Waals surface area contributed by atoms with E-state index in [1.165, 1.54) is 45.2 Å². The molecule has 1 unspecified atom stereocenters. The van der Waals surface area contributed by atoms with Gasteiger partial charge in [-0.3, -0.25) is 0 Å². The van der Waals surface area contributed by atoms with Crippen molar-refractivity contribution < 1.29 is 4.39 Å². The maximum absolute atomic E-state index is 14.2. The summed E-state index contributed by atoms with van der Waals surface area (Å²) in [5.74, 6) is 0. The van der Waals surface area contributed by atoms with Crippen LogP contribution < -0.4 is 5.32 Å². The van der Waals surface area contributed by atoms with Crippen molar-refractivity contribution in [2.45, 2.75) is 58.0 Å². The molecule has 0 saturated heterocycles. The summed E-state index contributed by atoms with van der Waals surface area (Å²) in [7, 11) is 0. The minimum absolute atomic E-state index is 0.438. The molecule has 0 aliphatic heterocycles. The quantitative estimate of drug-likeness (QED) is 0.586. The van der Waals surface area contributed by atoms with Gasteiger partial charge in [0, 0.05) is 6.42 Å². The molecule has 0 aromatic heterocycles. The highest BCUT2D eigenvalue weighted by Gasteiger charge is 2.27. The summed E-state index contributed by atoms with van der Waals surface area (Å²) in [5.41, 5.74) is -0.564. The van der Waals surface area contributed by atoms with Crippen LogP contribution in [-0.4, -0.2) is 13.1 Å². The van der Waals surface area contributed by atoms with Crippen molar-refractivity contribution in [3.05, 3.63) is 60.2 Å². The lowest BCUT2D eigenvalue weighted by Crippen LogP contribution is -2.17. The molecule has 2 rings (SSSR count). The number of hydrogen-bond acceptors (Lipinski definition) is 1. The number of rotatable bonds is 8. The van der Waals surface area contributed by atoms with Crippen LogP contribution in [0.3, 0.4) is 0 Å². The Hall–Kier alpha value is -1.41.